The average Bonchev–Trinajstić information content (AvgIpc) is 3.08. The van der Waals surface area contributed by atoms with Gasteiger partial charge in [0, 0.05) is 17.3 Å². The predicted octanol–water partition coefficient (Wildman–Crippen LogP) is 3.60. The van der Waals surface area contributed by atoms with Gasteiger partial charge in [-0.25, -0.2) is 4.98 Å². The molecule has 0 aliphatic carbocycles. The third-order valence-corrected chi connectivity index (χ3v) is 3.95. The van der Waals surface area contributed by atoms with Crippen molar-refractivity contribution in [2.75, 3.05) is 5.32 Å². The number of nitrogens with one attached hydrogen (secondary N) is 1. The van der Waals surface area contributed by atoms with Crippen molar-refractivity contribution in [2.24, 2.45) is 0 Å². The molecule has 7 heteroatoms. The van der Waals surface area contributed by atoms with E-state index in [4.69, 9.17) is 11.6 Å². The molecule has 22 heavy (non-hydrogen) atoms. The minimum atomic E-state index is -0.205. The van der Waals surface area contributed by atoms with E-state index in [0.29, 0.717) is 17.3 Å². The molecule has 0 fully saturated rings. The van der Waals surface area contributed by atoms with Gasteiger partial charge in [-0.2, -0.15) is 5.10 Å². The normalized spacial score (nSPS) is 10.6. The fourth-order valence-electron chi connectivity index (χ4n) is 2.02. The van der Waals surface area contributed by atoms with Crippen molar-refractivity contribution >= 4 is 34.5 Å². The van der Waals surface area contributed by atoms with Crippen molar-refractivity contribution in [3.63, 3.8) is 0 Å². The highest BCUT2D eigenvalue weighted by Crippen LogP contribution is 2.15. The van der Waals surface area contributed by atoms with Gasteiger partial charge in [-0.05, 0) is 24.6 Å². The van der Waals surface area contributed by atoms with E-state index < -0.39 is 0 Å². The van der Waals surface area contributed by atoms with Crippen LogP contribution in [0.3, 0.4) is 0 Å². The van der Waals surface area contributed by atoms with Crippen molar-refractivity contribution in [1.82, 2.24) is 14.8 Å². The van der Waals surface area contributed by atoms with Gasteiger partial charge < -0.3 is 5.32 Å². The summed E-state index contributed by atoms with van der Waals surface area (Å²) in [7, 11) is 0. The van der Waals surface area contributed by atoms with Crippen LogP contribution in [0.5, 0.6) is 0 Å². The van der Waals surface area contributed by atoms with Crippen molar-refractivity contribution in [3.05, 3.63) is 63.3 Å². The lowest BCUT2D eigenvalue weighted by Gasteiger charge is -2.06. The summed E-state index contributed by atoms with van der Waals surface area (Å²) in [5, 5.41) is 10.2. The Bertz CT molecular complexity index is 811. The Kier molecular flexibility index (Phi) is 4.22. The standard InChI is InChI=1S/C15H13ClN4OS/c1-10-18-14(9-22-10)15(21)19-13-4-2-3-11(5-13)7-20-8-12(16)6-17-20/h2-6,8-9H,7H2,1H3,(H,19,21). The number of carbonyl (C=O) groups excluding carboxylic acids is 1. The number of carbonyl (C=O) groups is 1. The number of amides is 1. The average molecular weight is 333 g/mol. The van der Waals surface area contributed by atoms with E-state index >= 15 is 0 Å². The van der Waals surface area contributed by atoms with Gasteiger partial charge in [-0.3, -0.25) is 9.48 Å². The van der Waals surface area contributed by atoms with Crippen LogP contribution in [0.4, 0.5) is 5.69 Å². The summed E-state index contributed by atoms with van der Waals surface area (Å²) in [6, 6.07) is 7.62. The summed E-state index contributed by atoms with van der Waals surface area (Å²) >= 11 is 7.30. The molecule has 1 aromatic carbocycles. The Labute approximate surface area is 136 Å². The van der Waals surface area contributed by atoms with E-state index in [1.807, 2.05) is 31.2 Å². The van der Waals surface area contributed by atoms with E-state index in [9.17, 15) is 4.79 Å². The molecule has 3 aromatic rings. The van der Waals surface area contributed by atoms with Gasteiger partial charge in [0.25, 0.3) is 5.91 Å². The van der Waals surface area contributed by atoms with Gasteiger partial charge in [0.1, 0.15) is 5.69 Å². The number of aryl methyl sites for hydroxylation is 1. The molecule has 0 aliphatic rings. The van der Waals surface area contributed by atoms with E-state index in [0.717, 1.165) is 16.3 Å². The molecule has 0 saturated carbocycles. The minimum absolute atomic E-state index is 0.205. The lowest BCUT2D eigenvalue weighted by Crippen LogP contribution is -2.12. The third-order valence-electron chi connectivity index (χ3n) is 2.98. The highest BCUT2D eigenvalue weighted by atomic mass is 35.5. The molecule has 112 valence electrons. The lowest BCUT2D eigenvalue weighted by atomic mass is 10.2. The summed E-state index contributed by atoms with van der Waals surface area (Å²) in [5.74, 6) is -0.205. The number of thiazole rings is 1. The fraction of sp³-hybridized carbons (Fsp3) is 0.133. The molecule has 0 aliphatic heterocycles. The second kappa shape index (κ2) is 6.29. The second-order valence-corrected chi connectivity index (χ2v) is 6.26. The van der Waals surface area contributed by atoms with E-state index in [1.165, 1.54) is 11.3 Å². The number of aromatic nitrogens is 3. The molecule has 2 heterocycles. The van der Waals surface area contributed by atoms with Crippen LogP contribution in [0, 0.1) is 6.92 Å². The molecule has 1 N–H and O–H groups in total. The van der Waals surface area contributed by atoms with Crippen molar-refractivity contribution in [1.29, 1.82) is 0 Å². The molecular weight excluding hydrogens is 320 g/mol. The van der Waals surface area contributed by atoms with Crippen molar-refractivity contribution in [3.8, 4) is 0 Å². The monoisotopic (exact) mass is 332 g/mol. The van der Waals surface area contributed by atoms with Gasteiger partial charge in [0.05, 0.1) is 22.8 Å². The van der Waals surface area contributed by atoms with E-state index in [2.05, 4.69) is 15.4 Å². The maximum Gasteiger partial charge on any atom is 0.275 e. The Morgan fingerprint density at radius 2 is 2.32 bits per heavy atom. The summed E-state index contributed by atoms with van der Waals surface area (Å²) in [4.78, 5) is 16.3. The van der Waals surface area contributed by atoms with Gasteiger partial charge in [-0.15, -0.1) is 11.3 Å². The first kappa shape index (κ1) is 14.7. The van der Waals surface area contributed by atoms with E-state index in [1.54, 1.807) is 22.5 Å². The predicted molar refractivity (Wildman–Crippen MR) is 87.6 cm³/mol. The Morgan fingerprint density at radius 3 is 3.00 bits per heavy atom. The largest absolute Gasteiger partial charge is 0.321 e. The maximum atomic E-state index is 12.1. The Morgan fingerprint density at radius 1 is 1.45 bits per heavy atom. The van der Waals surface area contributed by atoms with Crippen LogP contribution in [0.15, 0.2) is 42.0 Å². The summed E-state index contributed by atoms with van der Waals surface area (Å²) in [6.07, 6.45) is 3.35. The summed E-state index contributed by atoms with van der Waals surface area (Å²) in [5.41, 5.74) is 2.19. The topological polar surface area (TPSA) is 59.8 Å². The molecule has 2 aromatic heterocycles. The Hall–Kier alpha value is -2.18. The van der Waals surface area contributed by atoms with Crippen LogP contribution in [0.2, 0.25) is 5.02 Å². The van der Waals surface area contributed by atoms with Crippen LogP contribution in [0.25, 0.3) is 0 Å². The molecule has 0 bridgehead atoms. The van der Waals surface area contributed by atoms with Gasteiger partial charge in [0.2, 0.25) is 0 Å². The van der Waals surface area contributed by atoms with Gasteiger partial charge in [0.15, 0.2) is 0 Å². The van der Waals surface area contributed by atoms with Crippen molar-refractivity contribution < 1.29 is 4.79 Å². The van der Waals surface area contributed by atoms with Gasteiger partial charge in [-0.1, -0.05) is 23.7 Å². The minimum Gasteiger partial charge on any atom is -0.321 e. The van der Waals surface area contributed by atoms with E-state index in [-0.39, 0.29) is 5.91 Å². The number of nitrogens with zero attached hydrogens (tertiary/aromatic N) is 3. The first-order valence-corrected chi connectivity index (χ1v) is 7.86. The zero-order valence-electron chi connectivity index (χ0n) is 11.8. The number of halogens is 1. The number of hydrogen-bond donors (Lipinski definition) is 1. The molecule has 0 atom stereocenters. The smallest absolute Gasteiger partial charge is 0.275 e. The SMILES string of the molecule is Cc1nc(C(=O)Nc2cccc(Cn3cc(Cl)cn3)c2)cs1. The summed E-state index contributed by atoms with van der Waals surface area (Å²) in [6.45, 7) is 2.46. The second-order valence-electron chi connectivity index (χ2n) is 4.76. The fourth-order valence-corrected chi connectivity index (χ4v) is 2.77. The number of benzene rings is 1. The van der Waals surface area contributed by atoms with Crippen LogP contribution in [-0.4, -0.2) is 20.7 Å². The molecule has 0 unspecified atom stereocenters. The molecule has 5 nitrogen and oxygen atoms in total. The molecule has 0 spiro atoms. The quantitative estimate of drug-likeness (QED) is 0.794. The molecular formula is C15H13ClN4OS. The van der Waals surface area contributed by atoms with Crippen LogP contribution < -0.4 is 5.32 Å². The van der Waals surface area contributed by atoms with Crippen LogP contribution >= 0.6 is 22.9 Å². The zero-order chi connectivity index (χ0) is 15.5. The number of rotatable bonds is 4. The Balaban J connectivity index is 1.72. The van der Waals surface area contributed by atoms with Crippen molar-refractivity contribution in [2.45, 2.75) is 13.5 Å². The summed E-state index contributed by atoms with van der Waals surface area (Å²) < 4.78 is 1.74. The zero-order valence-corrected chi connectivity index (χ0v) is 13.4. The highest BCUT2D eigenvalue weighted by Gasteiger charge is 2.09. The first-order chi connectivity index (χ1) is 10.6. The molecule has 0 radical (unpaired) electrons. The van der Waals surface area contributed by atoms with Gasteiger partial charge >= 0.3 is 0 Å². The third kappa shape index (κ3) is 3.52. The van der Waals surface area contributed by atoms with Crippen LogP contribution in [-0.2, 0) is 6.54 Å². The molecule has 0 saturated heterocycles. The number of hydrogen-bond acceptors (Lipinski definition) is 4. The van der Waals surface area contributed by atoms with Crippen LogP contribution in [0.1, 0.15) is 21.1 Å². The molecule has 3 rings (SSSR count). The molecule has 1 amide bonds. The lowest BCUT2D eigenvalue weighted by molar-refractivity contribution is 0.102. The highest BCUT2D eigenvalue weighted by molar-refractivity contribution is 7.09. The first-order valence-electron chi connectivity index (χ1n) is 6.60. The maximum absolute atomic E-state index is 12.1. The number of anilines is 1.